The van der Waals surface area contributed by atoms with Crippen LogP contribution in [0.2, 0.25) is 0 Å². The van der Waals surface area contributed by atoms with Gasteiger partial charge in [-0.15, -0.1) is 0 Å². The second-order valence-corrected chi connectivity index (χ2v) is 6.57. The van der Waals surface area contributed by atoms with Crippen LogP contribution >= 0.6 is 0 Å². The molecule has 28 heavy (non-hydrogen) atoms. The van der Waals surface area contributed by atoms with E-state index in [1.54, 1.807) is 6.92 Å². The van der Waals surface area contributed by atoms with Gasteiger partial charge < -0.3 is 0 Å². The first-order valence-corrected chi connectivity index (χ1v) is 9.04. The number of benzene rings is 2. The third kappa shape index (κ3) is 4.97. The van der Waals surface area contributed by atoms with E-state index in [0.29, 0.717) is 29.9 Å². The van der Waals surface area contributed by atoms with E-state index >= 15 is 0 Å². The third-order valence-electron chi connectivity index (χ3n) is 4.42. The molecule has 0 spiro atoms. The maximum atomic E-state index is 14.1. The summed E-state index contributed by atoms with van der Waals surface area (Å²) in [5.74, 6) is -5.93. The number of hydrogen-bond donors (Lipinski definition) is 0. The van der Waals surface area contributed by atoms with Gasteiger partial charge in [-0.25, -0.2) is 17.6 Å². The van der Waals surface area contributed by atoms with Gasteiger partial charge in [0.15, 0.2) is 0 Å². The van der Waals surface area contributed by atoms with Crippen LogP contribution in [0.4, 0.5) is 17.6 Å². The van der Waals surface area contributed by atoms with Gasteiger partial charge in [0.05, 0.1) is 11.1 Å². The third-order valence-corrected chi connectivity index (χ3v) is 4.42. The summed E-state index contributed by atoms with van der Waals surface area (Å²) in [7, 11) is 0. The first kappa shape index (κ1) is 21.6. The Morgan fingerprint density at radius 1 is 0.857 bits per heavy atom. The van der Waals surface area contributed by atoms with Gasteiger partial charge in [0, 0.05) is 6.04 Å². The predicted octanol–water partition coefficient (Wildman–Crippen LogP) is 5.49. The Labute approximate surface area is 161 Å². The Bertz CT molecular complexity index is 806. The summed E-state index contributed by atoms with van der Waals surface area (Å²) in [4.78, 5) is 26.4. The number of nitrogens with zero attached hydrogens (tertiary/aromatic N) is 1. The zero-order valence-corrected chi connectivity index (χ0v) is 15.6. The predicted molar refractivity (Wildman–Crippen MR) is 96.8 cm³/mol. The first-order chi connectivity index (χ1) is 13.3. The quantitative estimate of drug-likeness (QED) is 0.353. The summed E-state index contributed by atoms with van der Waals surface area (Å²) < 4.78 is 55.3. The minimum Gasteiger partial charge on any atom is -0.271 e. The second kappa shape index (κ2) is 9.48. The molecule has 2 aromatic rings. The Balaban J connectivity index is 2.46. The first-order valence-electron chi connectivity index (χ1n) is 9.04. The maximum Gasteiger partial charge on any atom is 0.264 e. The van der Waals surface area contributed by atoms with Crippen LogP contribution in [0.5, 0.6) is 0 Å². The van der Waals surface area contributed by atoms with E-state index < -0.39 is 52.3 Å². The van der Waals surface area contributed by atoms with Crippen LogP contribution in [0.1, 0.15) is 60.2 Å². The molecule has 0 fully saturated rings. The molecule has 0 N–H and O–H groups in total. The van der Waals surface area contributed by atoms with E-state index in [2.05, 4.69) is 0 Å². The minimum absolute atomic E-state index is 0.388. The Hall–Kier alpha value is -2.70. The van der Waals surface area contributed by atoms with Gasteiger partial charge in [-0.2, -0.15) is 0 Å². The van der Waals surface area contributed by atoms with Gasteiger partial charge in [0.1, 0.15) is 23.3 Å². The molecule has 2 amide bonds. The Kier molecular flexibility index (Phi) is 7.31. The molecular formula is C21H21F4NO2. The van der Waals surface area contributed by atoms with E-state index in [9.17, 15) is 27.2 Å². The molecule has 0 saturated carbocycles. The van der Waals surface area contributed by atoms with Crippen LogP contribution in [0, 0.1) is 23.3 Å². The highest BCUT2D eigenvalue weighted by Crippen LogP contribution is 2.21. The SMILES string of the molecule is CCCCCC(C)N(C(=O)c1cc(F)ccc1F)C(=O)c1cc(F)ccc1F. The van der Waals surface area contributed by atoms with Crippen molar-refractivity contribution in [1.29, 1.82) is 0 Å². The van der Waals surface area contributed by atoms with E-state index in [0.717, 1.165) is 37.1 Å². The molecule has 0 aliphatic carbocycles. The van der Waals surface area contributed by atoms with Gasteiger partial charge in [-0.05, 0) is 49.7 Å². The lowest BCUT2D eigenvalue weighted by Crippen LogP contribution is -2.44. The van der Waals surface area contributed by atoms with Gasteiger partial charge in [0.25, 0.3) is 11.8 Å². The van der Waals surface area contributed by atoms with Gasteiger partial charge in [-0.1, -0.05) is 26.2 Å². The molecule has 0 radical (unpaired) electrons. The lowest BCUT2D eigenvalue weighted by Gasteiger charge is -2.28. The topological polar surface area (TPSA) is 37.4 Å². The second-order valence-electron chi connectivity index (χ2n) is 6.57. The molecule has 0 heterocycles. The molecule has 2 rings (SSSR count). The largest absolute Gasteiger partial charge is 0.271 e. The van der Waals surface area contributed by atoms with Crippen molar-refractivity contribution < 1.29 is 27.2 Å². The molecule has 2 aromatic carbocycles. The monoisotopic (exact) mass is 395 g/mol. The van der Waals surface area contributed by atoms with Crippen LogP contribution in [-0.2, 0) is 0 Å². The summed E-state index contributed by atoms with van der Waals surface area (Å²) in [6, 6.07) is 3.87. The molecule has 1 unspecified atom stereocenters. The number of rotatable bonds is 7. The molecule has 150 valence electrons. The smallest absolute Gasteiger partial charge is 0.264 e. The summed E-state index contributed by atoms with van der Waals surface area (Å²) in [6.07, 6.45) is 2.79. The fourth-order valence-corrected chi connectivity index (χ4v) is 2.89. The highest BCUT2D eigenvalue weighted by atomic mass is 19.1. The lowest BCUT2D eigenvalue weighted by atomic mass is 10.0. The van der Waals surface area contributed by atoms with E-state index in [4.69, 9.17) is 0 Å². The number of hydrogen-bond acceptors (Lipinski definition) is 2. The van der Waals surface area contributed by atoms with Crippen molar-refractivity contribution in [3.8, 4) is 0 Å². The minimum atomic E-state index is -1.10. The summed E-state index contributed by atoms with van der Waals surface area (Å²) in [5, 5.41) is 0. The molecule has 0 aliphatic heterocycles. The zero-order chi connectivity index (χ0) is 20.8. The van der Waals surface area contributed by atoms with E-state index in [1.807, 2.05) is 6.92 Å². The summed E-state index contributed by atoms with van der Waals surface area (Å²) in [6.45, 7) is 3.53. The van der Waals surface area contributed by atoms with E-state index in [-0.39, 0.29) is 0 Å². The van der Waals surface area contributed by atoms with Crippen LogP contribution < -0.4 is 0 Å². The molecular weight excluding hydrogens is 374 g/mol. The maximum absolute atomic E-state index is 14.1. The van der Waals surface area contributed by atoms with Crippen LogP contribution in [0.25, 0.3) is 0 Å². The van der Waals surface area contributed by atoms with Crippen LogP contribution in [0.3, 0.4) is 0 Å². The average molecular weight is 395 g/mol. The molecule has 3 nitrogen and oxygen atoms in total. The summed E-state index contributed by atoms with van der Waals surface area (Å²) >= 11 is 0. The highest BCUT2D eigenvalue weighted by molar-refractivity contribution is 6.10. The van der Waals surface area contributed by atoms with Crippen molar-refractivity contribution in [3.63, 3.8) is 0 Å². The number of carbonyl (C=O) groups excluding carboxylic acids is 2. The van der Waals surface area contributed by atoms with Crippen molar-refractivity contribution in [2.45, 2.75) is 45.6 Å². The number of unbranched alkanes of at least 4 members (excludes halogenated alkanes) is 2. The van der Waals surface area contributed by atoms with Gasteiger partial charge in [-0.3, -0.25) is 14.5 Å². The molecule has 0 saturated heterocycles. The Morgan fingerprint density at radius 3 is 1.75 bits per heavy atom. The molecule has 0 aliphatic rings. The normalized spacial score (nSPS) is 11.9. The fraction of sp³-hybridized carbons (Fsp3) is 0.333. The molecule has 1 atom stereocenters. The van der Waals surface area contributed by atoms with Crippen molar-refractivity contribution in [3.05, 3.63) is 70.8 Å². The average Bonchev–Trinajstić information content (AvgIpc) is 2.65. The van der Waals surface area contributed by atoms with Crippen molar-refractivity contribution >= 4 is 11.8 Å². The van der Waals surface area contributed by atoms with Gasteiger partial charge >= 0.3 is 0 Å². The number of halogens is 4. The van der Waals surface area contributed by atoms with Crippen molar-refractivity contribution in [2.75, 3.05) is 0 Å². The van der Waals surface area contributed by atoms with Crippen molar-refractivity contribution in [1.82, 2.24) is 4.90 Å². The summed E-state index contributed by atoms with van der Waals surface area (Å²) in [5.41, 5.74) is -1.29. The molecule has 0 bridgehead atoms. The van der Waals surface area contributed by atoms with Crippen molar-refractivity contribution in [2.24, 2.45) is 0 Å². The fourth-order valence-electron chi connectivity index (χ4n) is 2.89. The molecule has 7 heteroatoms. The van der Waals surface area contributed by atoms with Crippen LogP contribution in [-0.4, -0.2) is 22.8 Å². The lowest BCUT2D eigenvalue weighted by molar-refractivity contribution is 0.0542. The standard InChI is InChI=1S/C21H21F4NO2/c1-3-4-5-6-13(2)26(20(27)16-11-14(22)7-9-18(16)24)21(28)17-12-15(23)8-10-19(17)25/h7-13H,3-6H2,1-2H3. The number of carbonyl (C=O) groups is 2. The number of imide groups is 1. The number of amides is 2. The molecule has 0 aromatic heterocycles. The Morgan fingerprint density at radius 2 is 1.32 bits per heavy atom. The zero-order valence-electron chi connectivity index (χ0n) is 15.6. The highest BCUT2D eigenvalue weighted by Gasteiger charge is 2.32. The van der Waals surface area contributed by atoms with E-state index in [1.165, 1.54) is 0 Å². The van der Waals surface area contributed by atoms with Gasteiger partial charge in [0.2, 0.25) is 0 Å². The van der Waals surface area contributed by atoms with Crippen LogP contribution in [0.15, 0.2) is 36.4 Å².